The Morgan fingerprint density at radius 1 is 1.33 bits per heavy atom. The highest BCUT2D eigenvalue weighted by molar-refractivity contribution is 6.42. The molecule has 3 aliphatic rings. The fraction of sp³-hybridized carbons (Fsp3) is 0.529. The van der Waals surface area contributed by atoms with Crippen molar-refractivity contribution in [2.75, 3.05) is 31.5 Å². The maximum Gasteiger partial charge on any atom is 0.237 e. The summed E-state index contributed by atoms with van der Waals surface area (Å²) >= 11 is 12.2. The SMILES string of the molecule is O=C(C[C@H]1CCNC1)N1CC[C@]2(C1)C(=O)Nc1cc(Cl)c(Cl)cc12. The van der Waals surface area contributed by atoms with Crippen LogP contribution < -0.4 is 10.6 Å². The van der Waals surface area contributed by atoms with Crippen LogP contribution in [-0.4, -0.2) is 42.9 Å². The topological polar surface area (TPSA) is 61.4 Å². The standard InChI is InChI=1S/C17H19Cl2N3O2/c18-12-6-11-14(7-13(12)19)21-16(24)17(11)2-4-22(9-17)15(23)5-10-1-3-20-8-10/h6-7,10,20H,1-5,8-9H2,(H,21,24)/t10-,17-/m1/s1. The molecule has 2 saturated heterocycles. The predicted molar refractivity (Wildman–Crippen MR) is 93.6 cm³/mol. The summed E-state index contributed by atoms with van der Waals surface area (Å²) in [7, 11) is 0. The van der Waals surface area contributed by atoms with Crippen molar-refractivity contribution in [2.45, 2.75) is 24.7 Å². The van der Waals surface area contributed by atoms with Crippen molar-refractivity contribution >= 4 is 40.7 Å². The molecule has 2 fully saturated rings. The van der Waals surface area contributed by atoms with Gasteiger partial charge in [0.2, 0.25) is 11.8 Å². The van der Waals surface area contributed by atoms with Crippen LogP contribution in [0.4, 0.5) is 5.69 Å². The van der Waals surface area contributed by atoms with Gasteiger partial charge in [0, 0.05) is 25.2 Å². The summed E-state index contributed by atoms with van der Waals surface area (Å²) in [6.07, 6.45) is 2.22. The molecule has 0 radical (unpaired) electrons. The van der Waals surface area contributed by atoms with Crippen LogP contribution in [0.1, 0.15) is 24.8 Å². The minimum absolute atomic E-state index is 0.0614. The fourth-order valence-corrected chi connectivity index (χ4v) is 4.43. The van der Waals surface area contributed by atoms with Gasteiger partial charge in [-0.3, -0.25) is 9.59 Å². The van der Waals surface area contributed by atoms with E-state index in [2.05, 4.69) is 10.6 Å². The van der Waals surface area contributed by atoms with Gasteiger partial charge in [-0.1, -0.05) is 23.2 Å². The molecule has 2 atom stereocenters. The molecule has 3 heterocycles. The van der Waals surface area contributed by atoms with Gasteiger partial charge in [0.15, 0.2) is 0 Å². The highest BCUT2D eigenvalue weighted by Crippen LogP contribution is 2.46. The first-order valence-electron chi connectivity index (χ1n) is 8.29. The van der Waals surface area contributed by atoms with E-state index in [-0.39, 0.29) is 11.8 Å². The summed E-state index contributed by atoms with van der Waals surface area (Å²) in [6.45, 7) is 2.91. The first kappa shape index (κ1) is 16.2. The van der Waals surface area contributed by atoms with Crippen molar-refractivity contribution in [2.24, 2.45) is 5.92 Å². The Labute approximate surface area is 150 Å². The molecule has 128 valence electrons. The lowest BCUT2D eigenvalue weighted by Crippen LogP contribution is -2.39. The molecule has 1 aromatic carbocycles. The molecule has 0 bridgehead atoms. The van der Waals surface area contributed by atoms with Crippen molar-refractivity contribution in [3.05, 3.63) is 27.7 Å². The second-order valence-corrected chi connectivity index (χ2v) is 7.79. The molecule has 2 N–H and O–H groups in total. The van der Waals surface area contributed by atoms with E-state index in [1.54, 1.807) is 12.1 Å². The summed E-state index contributed by atoms with van der Waals surface area (Å²) in [5.41, 5.74) is 0.885. The van der Waals surface area contributed by atoms with Gasteiger partial charge in [0.05, 0.1) is 15.5 Å². The number of nitrogens with zero attached hydrogens (tertiary/aromatic N) is 1. The van der Waals surface area contributed by atoms with Gasteiger partial charge in [-0.25, -0.2) is 0 Å². The highest BCUT2D eigenvalue weighted by Gasteiger charge is 2.52. The molecule has 1 aromatic rings. The summed E-state index contributed by atoms with van der Waals surface area (Å²) in [4.78, 5) is 27.1. The Morgan fingerprint density at radius 2 is 2.12 bits per heavy atom. The zero-order valence-electron chi connectivity index (χ0n) is 13.2. The Hall–Kier alpha value is -1.30. The molecule has 1 spiro atoms. The second kappa shape index (κ2) is 5.90. The van der Waals surface area contributed by atoms with Crippen LogP contribution in [0.15, 0.2) is 12.1 Å². The average Bonchev–Trinajstić information content (AvgIpc) is 3.24. The van der Waals surface area contributed by atoms with Crippen LogP contribution in [0.5, 0.6) is 0 Å². The molecule has 24 heavy (non-hydrogen) atoms. The van der Waals surface area contributed by atoms with Crippen LogP contribution in [0.3, 0.4) is 0 Å². The quantitative estimate of drug-likeness (QED) is 0.843. The summed E-state index contributed by atoms with van der Waals surface area (Å²) < 4.78 is 0. The third-order valence-corrected chi connectivity index (χ3v) is 6.23. The number of nitrogens with one attached hydrogen (secondary N) is 2. The van der Waals surface area contributed by atoms with Crippen LogP contribution in [0.25, 0.3) is 0 Å². The zero-order chi connectivity index (χ0) is 16.9. The monoisotopic (exact) mass is 367 g/mol. The molecule has 0 aliphatic carbocycles. The molecule has 0 saturated carbocycles. The number of halogens is 2. The van der Waals surface area contributed by atoms with E-state index in [9.17, 15) is 9.59 Å². The zero-order valence-corrected chi connectivity index (χ0v) is 14.7. The van der Waals surface area contributed by atoms with Crippen LogP contribution in [0, 0.1) is 5.92 Å². The Bertz CT molecular complexity index is 718. The lowest BCUT2D eigenvalue weighted by molar-refractivity contribution is -0.131. The minimum Gasteiger partial charge on any atom is -0.341 e. The number of likely N-dealkylation sites (tertiary alicyclic amines) is 1. The smallest absolute Gasteiger partial charge is 0.237 e. The van der Waals surface area contributed by atoms with Crippen molar-refractivity contribution in [3.63, 3.8) is 0 Å². The first-order valence-corrected chi connectivity index (χ1v) is 9.05. The van der Waals surface area contributed by atoms with Crippen LogP contribution >= 0.6 is 23.2 Å². The fourth-order valence-electron chi connectivity index (χ4n) is 4.10. The van der Waals surface area contributed by atoms with Gasteiger partial charge in [-0.05, 0) is 49.5 Å². The lowest BCUT2D eigenvalue weighted by Gasteiger charge is -2.23. The Balaban J connectivity index is 1.56. The van der Waals surface area contributed by atoms with E-state index < -0.39 is 5.41 Å². The number of carbonyl (C=O) groups is 2. The summed E-state index contributed by atoms with van der Waals surface area (Å²) in [6, 6.07) is 3.46. The van der Waals surface area contributed by atoms with E-state index in [1.165, 1.54) is 0 Å². The number of rotatable bonds is 2. The van der Waals surface area contributed by atoms with Gasteiger partial charge >= 0.3 is 0 Å². The van der Waals surface area contributed by atoms with Gasteiger partial charge in [-0.2, -0.15) is 0 Å². The number of hydrogen-bond donors (Lipinski definition) is 2. The van der Waals surface area contributed by atoms with Gasteiger partial charge in [-0.15, -0.1) is 0 Å². The van der Waals surface area contributed by atoms with Crippen molar-refractivity contribution in [1.82, 2.24) is 10.2 Å². The van der Waals surface area contributed by atoms with Crippen molar-refractivity contribution in [3.8, 4) is 0 Å². The van der Waals surface area contributed by atoms with Gasteiger partial charge in [0.1, 0.15) is 0 Å². The largest absolute Gasteiger partial charge is 0.341 e. The number of carbonyl (C=O) groups excluding carboxylic acids is 2. The molecular formula is C17H19Cl2N3O2. The lowest BCUT2D eigenvalue weighted by atomic mass is 9.81. The Morgan fingerprint density at radius 3 is 2.88 bits per heavy atom. The summed E-state index contributed by atoms with van der Waals surface area (Å²) in [5.74, 6) is 0.488. The molecular weight excluding hydrogens is 349 g/mol. The molecule has 0 aromatic heterocycles. The van der Waals surface area contributed by atoms with Gasteiger partial charge < -0.3 is 15.5 Å². The van der Waals surface area contributed by atoms with Crippen LogP contribution in [-0.2, 0) is 15.0 Å². The minimum atomic E-state index is -0.687. The number of benzene rings is 1. The molecule has 5 nitrogen and oxygen atoms in total. The average molecular weight is 368 g/mol. The van der Waals surface area contributed by atoms with Crippen LogP contribution in [0.2, 0.25) is 10.0 Å². The first-order chi connectivity index (χ1) is 11.5. The number of hydrogen-bond acceptors (Lipinski definition) is 3. The third kappa shape index (κ3) is 2.50. The molecule has 0 unspecified atom stereocenters. The molecule has 2 amide bonds. The van der Waals surface area contributed by atoms with Crippen molar-refractivity contribution in [1.29, 1.82) is 0 Å². The molecule has 7 heteroatoms. The number of amides is 2. The van der Waals surface area contributed by atoms with Gasteiger partial charge in [0.25, 0.3) is 0 Å². The van der Waals surface area contributed by atoms with Crippen molar-refractivity contribution < 1.29 is 9.59 Å². The van der Waals surface area contributed by atoms with E-state index in [4.69, 9.17) is 23.2 Å². The molecule has 3 aliphatic heterocycles. The highest BCUT2D eigenvalue weighted by atomic mass is 35.5. The van der Waals surface area contributed by atoms with E-state index in [0.717, 1.165) is 25.1 Å². The number of fused-ring (bicyclic) bond motifs is 2. The maximum absolute atomic E-state index is 12.6. The second-order valence-electron chi connectivity index (χ2n) is 6.98. The number of anilines is 1. The normalized spacial score (nSPS) is 28.5. The maximum atomic E-state index is 12.6. The predicted octanol–water partition coefficient (Wildman–Crippen LogP) is 2.42. The molecule has 4 rings (SSSR count). The van der Waals surface area contributed by atoms with E-state index in [1.807, 2.05) is 4.90 Å². The summed E-state index contributed by atoms with van der Waals surface area (Å²) in [5, 5.41) is 7.05. The van der Waals surface area contributed by atoms with E-state index >= 15 is 0 Å². The van der Waals surface area contributed by atoms with E-state index in [0.29, 0.717) is 47.6 Å². The Kier molecular flexibility index (Phi) is 3.98. The third-order valence-electron chi connectivity index (χ3n) is 5.51.